The van der Waals surface area contributed by atoms with Gasteiger partial charge in [-0.15, -0.1) is 0 Å². The lowest BCUT2D eigenvalue weighted by Crippen LogP contribution is -2.51. The van der Waals surface area contributed by atoms with E-state index < -0.39 is 10.0 Å². The molecule has 9 heteroatoms. The van der Waals surface area contributed by atoms with Crippen molar-refractivity contribution in [1.29, 1.82) is 0 Å². The molecule has 1 aliphatic rings. The number of hydrogen-bond donors (Lipinski definition) is 1. The van der Waals surface area contributed by atoms with E-state index in [-0.39, 0.29) is 16.8 Å². The van der Waals surface area contributed by atoms with Crippen molar-refractivity contribution in [2.75, 3.05) is 45.6 Å². The Morgan fingerprint density at radius 1 is 0.862 bits per heavy atom. The van der Waals surface area contributed by atoms with Crippen LogP contribution in [0.3, 0.4) is 0 Å². The Kier molecular flexibility index (Phi) is 6.19. The molecule has 0 aromatic heterocycles. The number of anilines is 1. The van der Waals surface area contributed by atoms with Crippen molar-refractivity contribution < 1.29 is 18.0 Å². The number of carbonyl (C=O) groups is 2. The van der Waals surface area contributed by atoms with Crippen molar-refractivity contribution in [1.82, 2.24) is 14.1 Å². The van der Waals surface area contributed by atoms with Gasteiger partial charge in [0.05, 0.1) is 4.90 Å². The van der Waals surface area contributed by atoms with E-state index in [2.05, 4.69) is 5.32 Å². The van der Waals surface area contributed by atoms with E-state index in [1.54, 1.807) is 9.80 Å². The molecule has 3 amide bonds. The van der Waals surface area contributed by atoms with E-state index in [1.165, 1.54) is 38.4 Å². The molecule has 1 heterocycles. The van der Waals surface area contributed by atoms with Crippen LogP contribution in [0.25, 0.3) is 0 Å². The molecule has 154 valence electrons. The fourth-order valence-electron chi connectivity index (χ4n) is 3.00. The van der Waals surface area contributed by atoms with Gasteiger partial charge >= 0.3 is 6.03 Å². The summed E-state index contributed by atoms with van der Waals surface area (Å²) in [5.41, 5.74) is 1.15. The maximum absolute atomic E-state index is 12.7. The van der Waals surface area contributed by atoms with E-state index >= 15 is 0 Å². The summed E-state index contributed by atoms with van der Waals surface area (Å²) in [4.78, 5) is 28.5. The van der Waals surface area contributed by atoms with Gasteiger partial charge in [-0.3, -0.25) is 4.79 Å². The third-order valence-electron chi connectivity index (χ3n) is 4.76. The van der Waals surface area contributed by atoms with Gasteiger partial charge in [0.2, 0.25) is 10.0 Å². The predicted molar refractivity (Wildman–Crippen MR) is 110 cm³/mol. The van der Waals surface area contributed by atoms with Crippen molar-refractivity contribution in [3.63, 3.8) is 0 Å². The third-order valence-corrected chi connectivity index (χ3v) is 6.59. The first-order valence-electron chi connectivity index (χ1n) is 9.22. The summed E-state index contributed by atoms with van der Waals surface area (Å²) in [6, 6.07) is 14.9. The highest BCUT2D eigenvalue weighted by Gasteiger charge is 2.25. The molecule has 2 aromatic carbocycles. The number of sulfonamides is 1. The second kappa shape index (κ2) is 8.62. The molecule has 0 bridgehead atoms. The fraction of sp³-hybridized carbons (Fsp3) is 0.300. The Hall–Kier alpha value is -2.91. The molecular weight excluding hydrogens is 392 g/mol. The van der Waals surface area contributed by atoms with Crippen LogP contribution in [0.4, 0.5) is 10.5 Å². The Labute approximate surface area is 170 Å². The Morgan fingerprint density at radius 3 is 1.97 bits per heavy atom. The minimum absolute atomic E-state index is 0.140. The van der Waals surface area contributed by atoms with Gasteiger partial charge in [0.1, 0.15) is 0 Å². The zero-order chi connectivity index (χ0) is 21.0. The van der Waals surface area contributed by atoms with Gasteiger partial charge in [0.15, 0.2) is 0 Å². The molecule has 0 radical (unpaired) electrons. The van der Waals surface area contributed by atoms with Crippen molar-refractivity contribution in [3.8, 4) is 0 Å². The smallest absolute Gasteiger partial charge is 0.321 e. The van der Waals surface area contributed by atoms with Crippen molar-refractivity contribution in [2.24, 2.45) is 0 Å². The molecule has 29 heavy (non-hydrogen) atoms. The highest BCUT2D eigenvalue weighted by atomic mass is 32.2. The monoisotopic (exact) mass is 416 g/mol. The Balaban J connectivity index is 1.58. The van der Waals surface area contributed by atoms with E-state index in [0.717, 1.165) is 9.99 Å². The number of hydrogen-bond acceptors (Lipinski definition) is 4. The van der Waals surface area contributed by atoms with E-state index in [9.17, 15) is 18.0 Å². The van der Waals surface area contributed by atoms with E-state index in [1.807, 2.05) is 30.3 Å². The number of nitrogens with zero attached hydrogens (tertiary/aromatic N) is 3. The van der Waals surface area contributed by atoms with Gasteiger partial charge in [0.25, 0.3) is 5.91 Å². The molecular formula is C20H24N4O4S. The lowest BCUT2D eigenvalue weighted by Gasteiger charge is -2.34. The van der Waals surface area contributed by atoms with Crippen LogP contribution in [0.15, 0.2) is 59.5 Å². The molecule has 0 unspecified atom stereocenters. The number of benzene rings is 2. The normalized spacial score (nSPS) is 14.7. The molecule has 0 spiro atoms. The molecule has 1 saturated heterocycles. The molecule has 0 saturated carbocycles. The maximum Gasteiger partial charge on any atom is 0.321 e. The highest BCUT2D eigenvalue weighted by Crippen LogP contribution is 2.16. The van der Waals surface area contributed by atoms with Gasteiger partial charge in [-0.25, -0.2) is 17.5 Å². The zero-order valence-corrected chi connectivity index (χ0v) is 17.2. The van der Waals surface area contributed by atoms with Crippen molar-refractivity contribution in [3.05, 3.63) is 60.2 Å². The number of carbonyl (C=O) groups excluding carboxylic acids is 2. The summed E-state index contributed by atoms with van der Waals surface area (Å²) in [6.07, 6.45) is 0. The average molecular weight is 417 g/mol. The van der Waals surface area contributed by atoms with Gasteiger partial charge in [-0.2, -0.15) is 0 Å². The molecule has 1 aliphatic heterocycles. The maximum atomic E-state index is 12.7. The van der Waals surface area contributed by atoms with Crippen molar-refractivity contribution in [2.45, 2.75) is 4.90 Å². The summed E-state index contributed by atoms with van der Waals surface area (Å²) in [5.74, 6) is -0.179. The van der Waals surface area contributed by atoms with Crippen LogP contribution in [-0.2, 0) is 10.0 Å². The first-order chi connectivity index (χ1) is 13.8. The highest BCUT2D eigenvalue weighted by molar-refractivity contribution is 7.89. The number of nitrogens with one attached hydrogen (secondary N) is 1. The predicted octanol–water partition coefficient (Wildman–Crippen LogP) is 1.93. The average Bonchev–Trinajstić information content (AvgIpc) is 2.74. The van der Waals surface area contributed by atoms with Gasteiger partial charge in [0, 0.05) is 51.5 Å². The summed E-state index contributed by atoms with van der Waals surface area (Å²) in [7, 11) is -0.609. The van der Waals surface area contributed by atoms with Gasteiger partial charge in [-0.1, -0.05) is 18.2 Å². The van der Waals surface area contributed by atoms with Gasteiger partial charge in [-0.05, 0) is 36.4 Å². The minimum atomic E-state index is -3.53. The first-order valence-corrected chi connectivity index (χ1v) is 10.7. The minimum Gasteiger partial charge on any atom is -0.335 e. The second-order valence-corrected chi connectivity index (χ2v) is 9.04. The Bertz CT molecular complexity index is 967. The van der Waals surface area contributed by atoms with Crippen LogP contribution in [-0.4, -0.2) is 74.7 Å². The number of para-hydroxylation sites is 1. The molecule has 2 aromatic rings. The lowest BCUT2D eigenvalue weighted by molar-refractivity contribution is 0.0671. The van der Waals surface area contributed by atoms with E-state index in [0.29, 0.717) is 31.7 Å². The van der Waals surface area contributed by atoms with Crippen LogP contribution >= 0.6 is 0 Å². The van der Waals surface area contributed by atoms with Gasteiger partial charge < -0.3 is 15.1 Å². The molecule has 3 rings (SSSR count). The summed E-state index contributed by atoms with van der Waals surface area (Å²) < 4.78 is 25.4. The number of rotatable bonds is 4. The van der Waals surface area contributed by atoms with E-state index in [4.69, 9.17) is 0 Å². The van der Waals surface area contributed by atoms with Crippen LogP contribution in [0, 0.1) is 0 Å². The first kappa shape index (κ1) is 20.8. The summed E-state index contributed by atoms with van der Waals surface area (Å²) in [5, 5.41) is 2.84. The summed E-state index contributed by atoms with van der Waals surface area (Å²) >= 11 is 0. The molecule has 1 fully saturated rings. The zero-order valence-electron chi connectivity index (χ0n) is 16.4. The molecule has 0 atom stereocenters. The van der Waals surface area contributed by atoms with Crippen LogP contribution in [0.2, 0.25) is 0 Å². The van der Waals surface area contributed by atoms with Crippen molar-refractivity contribution >= 4 is 27.6 Å². The Morgan fingerprint density at radius 2 is 1.41 bits per heavy atom. The van der Waals surface area contributed by atoms with Crippen LogP contribution < -0.4 is 5.32 Å². The second-order valence-electron chi connectivity index (χ2n) is 6.89. The van der Waals surface area contributed by atoms with Crippen LogP contribution in [0.5, 0.6) is 0 Å². The topological polar surface area (TPSA) is 90.0 Å². The SMILES string of the molecule is CN(C)S(=O)(=O)c1ccc(C(=O)N2CCN(C(=O)Nc3ccccc3)CC2)cc1. The lowest BCUT2D eigenvalue weighted by atomic mass is 10.2. The van der Waals surface area contributed by atoms with Crippen LogP contribution in [0.1, 0.15) is 10.4 Å². The number of amides is 3. The number of piperazine rings is 1. The molecule has 1 N–H and O–H groups in total. The molecule has 8 nitrogen and oxygen atoms in total. The number of urea groups is 1. The third kappa shape index (κ3) is 4.75. The summed E-state index contributed by atoms with van der Waals surface area (Å²) in [6.45, 7) is 1.69. The fourth-order valence-corrected chi connectivity index (χ4v) is 3.90. The largest absolute Gasteiger partial charge is 0.335 e. The molecule has 0 aliphatic carbocycles. The quantitative estimate of drug-likeness (QED) is 0.825. The standard InChI is InChI=1S/C20H24N4O4S/c1-22(2)29(27,28)18-10-8-16(9-11-18)19(25)23-12-14-24(15-13-23)20(26)21-17-6-4-3-5-7-17/h3-11H,12-15H2,1-2H3,(H,21,26).